The fourth-order valence-electron chi connectivity index (χ4n) is 0. The van der Waals surface area contributed by atoms with Crippen LogP contribution in [0.1, 0.15) is 1.43 Å². The van der Waals surface area contributed by atoms with Gasteiger partial charge in [0, 0.05) is 0 Å². The molecule has 15 heteroatoms. The van der Waals surface area contributed by atoms with Gasteiger partial charge in [-0.1, -0.05) is 0 Å². The smallest absolute Gasteiger partial charge is 1.00 e. The summed E-state index contributed by atoms with van der Waals surface area (Å²) in [6.45, 7) is 0. The van der Waals surface area contributed by atoms with Crippen LogP contribution in [-0.4, -0.2) is 28.5 Å². The van der Waals surface area contributed by atoms with E-state index in [1.165, 1.54) is 0 Å². The van der Waals surface area contributed by atoms with Crippen molar-refractivity contribution < 1.29 is 64.2 Å². The SMILES string of the molecule is N=S(=O)(O)C(F)(F)F.N=S(=O)(O)C(F)(F)F.[H-].[Li+]. The van der Waals surface area contributed by atoms with Crippen LogP contribution in [0.15, 0.2) is 0 Å². The van der Waals surface area contributed by atoms with Crippen LogP contribution in [0, 0.1) is 9.56 Å². The van der Waals surface area contributed by atoms with E-state index in [0.29, 0.717) is 0 Å². The molecule has 0 saturated heterocycles. The maximum absolute atomic E-state index is 10.8. The van der Waals surface area contributed by atoms with Gasteiger partial charge < -0.3 is 1.43 Å². The van der Waals surface area contributed by atoms with Gasteiger partial charge in [0.25, 0.3) is 20.0 Å². The van der Waals surface area contributed by atoms with Gasteiger partial charge in [0.15, 0.2) is 0 Å². The van der Waals surface area contributed by atoms with E-state index in [-0.39, 0.29) is 20.3 Å². The Balaban J connectivity index is -0.0000000980. The van der Waals surface area contributed by atoms with Crippen molar-refractivity contribution in [1.82, 2.24) is 0 Å². The molecule has 0 aromatic rings. The summed E-state index contributed by atoms with van der Waals surface area (Å²) in [5.41, 5.74) is -10.6. The Morgan fingerprint density at radius 1 is 0.824 bits per heavy atom. The van der Waals surface area contributed by atoms with Gasteiger partial charge in [0.05, 0.1) is 0 Å². The third kappa shape index (κ3) is 9.68. The first-order valence-electron chi connectivity index (χ1n) is 2.65. The predicted molar refractivity (Wildman–Crippen MR) is 40.2 cm³/mol. The first-order valence-corrected chi connectivity index (χ1v) is 5.68. The van der Waals surface area contributed by atoms with E-state index in [9.17, 15) is 34.8 Å². The average Bonchev–Trinajstić information content (AvgIpc) is 1.77. The minimum atomic E-state index is -5.34. The maximum atomic E-state index is 10.8. The molecule has 6 nitrogen and oxygen atoms in total. The fraction of sp³-hybridized carbons (Fsp3) is 1.00. The van der Waals surface area contributed by atoms with Crippen molar-refractivity contribution in [1.29, 1.82) is 9.56 Å². The quantitative estimate of drug-likeness (QED) is 0.344. The number of rotatable bonds is 0. The Morgan fingerprint density at radius 3 is 0.882 bits per heavy atom. The first-order chi connectivity index (χ1) is 6.50. The molecule has 0 spiro atoms. The largest absolute Gasteiger partial charge is 1.00 e. The van der Waals surface area contributed by atoms with E-state index in [1.807, 2.05) is 0 Å². The van der Waals surface area contributed by atoms with Crippen molar-refractivity contribution in [2.24, 2.45) is 0 Å². The average molecular weight is 306 g/mol. The van der Waals surface area contributed by atoms with E-state index in [1.54, 1.807) is 0 Å². The van der Waals surface area contributed by atoms with Crippen LogP contribution < -0.4 is 18.9 Å². The summed E-state index contributed by atoms with van der Waals surface area (Å²) in [6, 6.07) is 0. The zero-order valence-electron chi connectivity index (χ0n) is 8.80. The Morgan fingerprint density at radius 2 is 0.882 bits per heavy atom. The maximum Gasteiger partial charge on any atom is 1.00 e. The third-order valence-corrected chi connectivity index (χ3v) is 1.88. The summed E-state index contributed by atoms with van der Waals surface area (Å²) in [4.78, 5) is 0. The molecule has 0 aliphatic carbocycles. The Hall–Kier alpha value is -0.00260. The fourth-order valence-corrected chi connectivity index (χ4v) is 0. The van der Waals surface area contributed by atoms with Gasteiger partial charge in [0.2, 0.25) is 0 Å². The minimum Gasteiger partial charge on any atom is -1.00 e. The summed E-state index contributed by atoms with van der Waals surface area (Å²) < 4.78 is 110. The first kappa shape index (κ1) is 22.2. The zero-order chi connectivity index (χ0) is 14.0. The van der Waals surface area contributed by atoms with Gasteiger partial charge in [-0.05, 0) is 0 Å². The van der Waals surface area contributed by atoms with Gasteiger partial charge in [-0.25, -0.2) is 18.0 Å². The minimum absolute atomic E-state index is 0. The van der Waals surface area contributed by atoms with Crippen LogP contribution in [0.4, 0.5) is 26.3 Å². The predicted octanol–water partition coefficient (Wildman–Crippen LogP) is -0.832. The summed E-state index contributed by atoms with van der Waals surface area (Å²) in [5, 5.41) is 0. The van der Waals surface area contributed by atoms with Crippen molar-refractivity contribution in [3.8, 4) is 0 Å². The van der Waals surface area contributed by atoms with Crippen LogP contribution in [0.2, 0.25) is 0 Å². The molecule has 17 heavy (non-hydrogen) atoms. The topological polar surface area (TPSA) is 122 Å². The molecule has 0 rings (SSSR count). The third-order valence-electron chi connectivity index (χ3n) is 0.627. The molecular weight excluding hydrogens is 301 g/mol. The van der Waals surface area contributed by atoms with Gasteiger partial charge in [0.1, 0.15) is 0 Å². The molecule has 0 fully saturated rings. The molecule has 2 unspecified atom stereocenters. The van der Waals surface area contributed by atoms with E-state index < -0.39 is 31.0 Å². The number of hydrogen-bond donors (Lipinski definition) is 4. The van der Waals surface area contributed by atoms with Crippen LogP contribution >= 0.6 is 0 Å². The second-order valence-electron chi connectivity index (χ2n) is 1.94. The Labute approximate surface area is 105 Å². The molecule has 0 aliphatic heterocycles. The van der Waals surface area contributed by atoms with Crippen molar-refractivity contribution >= 4 is 20.0 Å². The zero-order valence-corrected chi connectivity index (χ0v) is 9.43. The molecule has 0 aromatic carbocycles. The van der Waals surface area contributed by atoms with E-state index in [4.69, 9.17) is 18.7 Å². The molecule has 0 bridgehead atoms. The van der Waals surface area contributed by atoms with Crippen LogP contribution in [-0.2, 0) is 20.0 Å². The van der Waals surface area contributed by atoms with E-state index >= 15 is 0 Å². The Bertz CT molecular complexity index is 385. The van der Waals surface area contributed by atoms with Gasteiger partial charge in [-0.2, -0.15) is 26.3 Å². The molecule has 0 aromatic heterocycles. The summed E-state index contributed by atoms with van der Waals surface area (Å²) in [6.07, 6.45) is 0. The van der Waals surface area contributed by atoms with E-state index in [0.717, 1.165) is 0 Å². The standard InChI is InChI=1S/2CH2F3NO2S.Li.H/c2*2-1(3,4)8(5,6)7;;/h2*(H2,5,6,7);;/q;;+1;-1. The molecule has 0 radical (unpaired) electrons. The van der Waals surface area contributed by atoms with Crippen LogP contribution in [0.3, 0.4) is 0 Å². The monoisotopic (exact) mass is 306 g/mol. The number of hydrogen-bond acceptors (Lipinski definition) is 4. The number of halogens is 6. The van der Waals surface area contributed by atoms with Crippen LogP contribution in [0.5, 0.6) is 0 Å². The molecule has 2 atom stereocenters. The molecule has 102 valence electrons. The van der Waals surface area contributed by atoms with Crippen molar-refractivity contribution in [3.63, 3.8) is 0 Å². The number of nitrogens with one attached hydrogen (secondary N) is 2. The van der Waals surface area contributed by atoms with Crippen molar-refractivity contribution in [2.45, 2.75) is 11.0 Å². The van der Waals surface area contributed by atoms with Crippen LogP contribution in [0.25, 0.3) is 0 Å². The Kier molecular flexibility index (Phi) is 8.16. The van der Waals surface area contributed by atoms with Gasteiger partial charge >= 0.3 is 29.9 Å². The molecule has 0 aliphatic rings. The normalized spacial score (nSPS) is 18.8. The molecule has 0 amide bonds. The van der Waals surface area contributed by atoms with Gasteiger partial charge in [-0.15, -0.1) is 0 Å². The van der Waals surface area contributed by atoms with E-state index in [2.05, 4.69) is 0 Å². The molecule has 0 heterocycles. The summed E-state index contributed by atoms with van der Waals surface area (Å²) in [5.74, 6) is 0. The molecule has 0 saturated carbocycles. The van der Waals surface area contributed by atoms with Gasteiger partial charge in [-0.3, -0.25) is 9.11 Å². The summed E-state index contributed by atoms with van der Waals surface area (Å²) >= 11 is 0. The second-order valence-corrected chi connectivity index (χ2v) is 4.97. The number of alkyl halides is 6. The molecule has 4 N–H and O–H groups in total. The molecular formula is C2H5F6LiN2O4S2. The summed E-state index contributed by atoms with van der Waals surface area (Å²) in [7, 11) is -10.7. The second kappa shape index (κ2) is 6.25. The van der Waals surface area contributed by atoms with Crippen molar-refractivity contribution in [2.75, 3.05) is 0 Å². The van der Waals surface area contributed by atoms with Crippen molar-refractivity contribution in [3.05, 3.63) is 0 Å².